The third-order valence-corrected chi connectivity index (χ3v) is 3.17. The number of Topliss-reactive ketones (excluding diaryl/α,β-unsaturated/α-hetero) is 1. The molecule has 0 saturated heterocycles. The van der Waals surface area contributed by atoms with E-state index in [1.165, 1.54) is 6.07 Å². The minimum atomic E-state index is -1.03. The summed E-state index contributed by atoms with van der Waals surface area (Å²) in [7, 11) is 0. The molecule has 0 aliphatic rings. The Balaban J connectivity index is 1.89. The van der Waals surface area contributed by atoms with Crippen LogP contribution in [0.5, 0.6) is 0 Å². The Bertz CT molecular complexity index is 611. The Hall–Kier alpha value is -2.07. The molecule has 21 heavy (non-hydrogen) atoms. The number of hydrogen-bond acceptors (Lipinski definition) is 2. The van der Waals surface area contributed by atoms with Crippen molar-refractivity contribution >= 4 is 5.78 Å². The summed E-state index contributed by atoms with van der Waals surface area (Å²) >= 11 is 0. The third kappa shape index (κ3) is 4.20. The zero-order chi connectivity index (χ0) is 15.2. The van der Waals surface area contributed by atoms with Gasteiger partial charge in [0.25, 0.3) is 0 Å². The van der Waals surface area contributed by atoms with E-state index in [2.05, 4.69) is 0 Å². The van der Waals surface area contributed by atoms with E-state index in [0.29, 0.717) is 13.0 Å². The van der Waals surface area contributed by atoms with Crippen LogP contribution >= 0.6 is 0 Å². The van der Waals surface area contributed by atoms with Crippen LogP contribution in [0.3, 0.4) is 0 Å². The first-order chi connectivity index (χ1) is 10.1. The summed E-state index contributed by atoms with van der Waals surface area (Å²) in [5, 5.41) is 0. The molecule has 1 unspecified atom stereocenters. The lowest BCUT2D eigenvalue weighted by Gasteiger charge is -2.12. The number of ketones is 1. The summed E-state index contributed by atoms with van der Waals surface area (Å²) in [5.41, 5.74) is 1.23. The average molecular weight is 290 g/mol. The van der Waals surface area contributed by atoms with Crippen molar-refractivity contribution in [2.45, 2.75) is 19.4 Å². The normalized spacial score (nSPS) is 12.1. The van der Waals surface area contributed by atoms with Gasteiger partial charge in [-0.1, -0.05) is 30.3 Å². The largest absolute Gasteiger partial charge is 0.370 e. The maximum Gasteiger partial charge on any atom is 0.191 e. The van der Waals surface area contributed by atoms with Crippen molar-refractivity contribution in [1.29, 1.82) is 0 Å². The summed E-state index contributed by atoms with van der Waals surface area (Å²) in [5.74, 6) is -2.36. The van der Waals surface area contributed by atoms with Crippen LogP contribution < -0.4 is 0 Å². The Morgan fingerprint density at radius 2 is 1.81 bits per heavy atom. The molecule has 0 N–H and O–H groups in total. The van der Waals surface area contributed by atoms with Crippen LogP contribution in [0.2, 0.25) is 0 Å². The van der Waals surface area contributed by atoms with Gasteiger partial charge in [-0.3, -0.25) is 4.79 Å². The summed E-state index contributed by atoms with van der Waals surface area (Å²) in [6.45, 7) is 2.00. The zero-order valence-corrected chi connectivity index (χ0v) is 11.7. The SMILES string of the molecule is CC(OCCc1ccccc1)C(=O)c1ccc(F)c(F)c1. The Morgan fingerprint density at radius 3 is 2.48 bits per heavy atom. The van der Waals surface area contributed by atoms with Crippen molar-refractivity contribution in [3.63, 3.8) is 0 Å². The van der Waals surface area contributed by atoms with Gasteiger partial charge in [0, 0.05) is 5.56 Å². The van der Waals surface area contributed by atoms with E-state index < -0.39 is 17.7 Å². The van der Waals surface area contributed by atoms with Gasteiger partial charge in [-0.15, -0.1) is 0 Å². The molecule has 0 radical (unpaired) electrons. The molecule has 1 atom stereocenters. The molecule has 0 aliphatic heterocycles. The Kier molecular flexibility index (Phi) is 5.17. The van der Waals surface area contributed by atoms with Gasteiger partial charge in [0.05, 0.1) is 6.61 Å². The van der Waals surface area contributed by atoms with Crippen LogP contribution in [0.15, 0.2) is 48.5 Å². The fraction of sp³-hybridized carbons (Fsp3) is 0.235. The molecular formula is C17H16F2O2. The maximum absolute atomic E-state index is 13.1. The molecule has 0 heterocycles. The van der Waals surface area contributed by atoms with E-state index >= 15 is 0 Å². The molecule has 2 aromatic rings. The van der Waals surface area contributed by atoms with E-state index in [0.717, 1.165) is 17.7 Å². The van der Waals surface area contributed by atoms with Crippen molar-refractivity contribution in [3.05, 3.63) is 71.3 Å². The first-order valence-electron chi connectivity index (χ1n) is 6.72. The van der Waals surface area contributed by atoms with Crippen molar-refractivity contribution < 1.29 is 18.3 Å². The molecule has 0 bridgehead atoms. The second-order valence-electron chi connectivity index (χ2n) is 4.74. The third-order valence-electron chi connectivity index (χ3n) is 3.17. The summed E-state index contributed by atoms with van der Waals surface area (Å²) < 4.78 is 31.4. The van der Waals surface area contributed by atoms with Crippen LogP contribution in [-0.2, 0) is 11.2 Å². The lowest BCUT2D eigenvalue weighted by Crippen LogP contribution is -2.22. The van der Waals surface area contributed by atoms with Gasteiger partial charge >= 0.3 is 0 Å². The second kappa shape index (κ2) is 7.09. The Labute approximate surface area is 122 Å². The molecule has 4 heteroatoms. The molecule has 0 saturated carbocycles. The van der Waals surface area contributed by atoms with E-state index in [4.69, 9.17) is 4.74 Å². The van der Waals surface area contributed by atoms with Gasteiger partial charge < -0.3 is 4.74 Å². The molecule has 2 aromatic carbocycles. The quantitative estimate of drug-likeness (QED) is 0.756. The molecule has 0 aromatic heterocycles. The monoisotopic (exact) mass is 290 g/mol. The number of ether oxygens (including phenoxy) is 1. The van der Waals surface area contributed by atoms with Crippen LogP contribution in [0.4, 0.5) is 8.78 Å². The van der Waals surface area contributed by atoms with Crippen LogP contribution in [0.25, 0.3) is 0 Å². The van der Waals surface area contributed by atoms with Gasteiger partial charge in [-0.2, -0.15) is 0 Å². The predicted octanol–water partition coefficient (Wildman–Crippen LogP) is 3.80. The highest BCUT2D eigenvalue weighted by molar-refractivity contribution is 5.99. The first kappa shape index (κ1) is 15.3. The van der Waals surface area contributed by atoms with Crippen molar-refractivity contribution in [2.24, 2.45) is 0 Å². The minimum Gasteiger partial charge on any atom is -0.370 e. The van der Waals surface area contributed by atoms with Gasteiger partial charge in [-0.05, 0) is 37.1 Å². The minimum absolute atomic E-state index is 0.112. The number of carbonyl (C=O) groups excluding carboxylic acids is 1. The van der Waals surface area contributed by atoms with Gasteiger partial charge in [0.2, 0.25) is 0 Å². The lowest BCUT2D eigenvalue weighted by atomic mass is 10.1. The number of hydrogen-bond donors (Lipinski definition) is 0. The molecule has 0 fully saturated rings. The standard InChI is InChI=1S/C17H16F2O2/c1-12(21-10-9-13-5-3-2-4-6-13)17(20)14-7-8-15(18)16(19)11-14/h2-8,11-12H,9-10H2,1H3. The van der Waals surface area contributed by atoms with Crippen LogP contribution in [0.1, 0.15) is 22.8 Å². The lowest BCUT2D eigenvalue weighted by molar-refractivity contribution is 0.0486. The fourth-order valence-corrected chi connectivity index (χ4v) is 1.96. The first-order valence-corrected chi connectivity index (χ1v) is 6.72. The van der Waals surface area contributed by atoms with Gasteiger partial charge in [-0.25, -0.2) is 8.78 Å². The van der Waals surface area contributed by atoms with Crippen molar-refractivity contribution in [3.8, 4) is 0 Å². The van der Waals surface area contributed by atoms with E-state index in [9.17, 15) is 13.6 Å². The van der Waals surface area contributed by atoms with Crippen molar-refractivity contribution in [2.75, 3.05) is 6.61 Å². The molecule has 0 amide bonds. The molecule has 2 nitrogen and oxygen atoms in total. The highest BCUT2D eigenvalue weighted by Gasteiger charge is 2.17. The van der Waals surface area contributed by atoms with Crippen molar-refractivity contribution in [1.82, 2.24) is 0 Å². The Morgan fingerprint density at radius 1 is 1.10 bits per heavy atom. The molecule has 110 valence electrons. The number of carbonyl (C=O) groups is 1. The number of benzene rings is 2. The van der Waals surface area contributed by atoms with Crippen LogP contribution in [0, 0.1) is 11.6 Å². The predicted molar refractivity (Wildman–Crippen MR) is 76.2 cm³/mol. The molecule has 2 rings (SSSR count). The fourth-order valence-electron chi connectivity index (χ4n) is 1.96. The highest BCUT2D eigenvalue weighted by Crippen LogP contribution is 2.12. The highest BCUT2D eigenvalue weighted by atomic mass is 19.2. The maximum atomic E-state index is 13.1. The summed E-state index contributed by atoms with van der Waals surface area (Å²) in [6, 6.07) is 12.9. The topological polar surface area (TPSA) is 26.3 Å². The number of halogens is 2. The van der Waals surface area contributed by atoms with E-state index in [-0.39, 0.29) is 11.3 Å². The van der Waals surface area contributed by atoms with Gasteiger partial charge in [0.15, 0.2) is 17.4 Å². The zero-order valence-electron chi connectivity index (χ0n) is 11.7. The van der Waals surface area contributed by atoms with Crippen LogP contribution in [-0.4, -0.2) is 18.5 Å². The smallest absolute Gasteiger partial charge is 0.191 e. The average Bonchev–Trinajstić information content (AvgIpc) is 2.50. The molecular weight excluding hydrogens is 274 g/mol. The number of rotatable bonds is 6. The van der Waals surface area contributed by atoms with Gasteiger partial charge in [0.1, 0.15) is 6.10 Å². The second-order valence-corrected chi connectivity index (χ2v) is 4.74. The summed E-state index contributed by atoms with van der Waals surface area (Å²) in [6.07, 6.45) is -0.00505. The van der Waals surface area contributed by atoms with E-state index in [1.807, 2.05) is 30.3 Å². The molecule has 0 aliphatic carbocycles. The van der Waals surface area contributed by atoms with E-state index in [1.54, 1.807) is 6.92 Å². The summed E-state index contributed by atoms with van der Waals surface area (Å²) in [4.78, 5) is 12.0. The molecule has 0 spiro atoms.